The molecule has 5 rings (SSSR count). The minimum absolute atomic E-state index is 0.0897. The largest absolute Gasteiger partial charge is 0.507 e. The Labute approximate surface area is 214 Å². The van der Waals surface area contributed by atoms with E-state index in [0.29, 0.717) is 18.5 Å². The molecule has 37 heavy (non-hydrogen) atoms. The number of hydrogen-bond donors (Lipinski definition) is 5. The first kappa shape index (κ1) is 25.1. The summed E-state index contributed by atoms with van der Waals surface area (Å²) in [4.78, 5) is 41.1. The monoisotopic (exact) mass is 505 g/mol. The zero-order valence-electron chi connectivity index (χ0n) is 20.8. The standard InChI is InChI=1S/C28H31N3O6/c1-31(2)20-11-18(27(30)36)25(34)28(37)19(20)10-15-9-17-16(14-5-3-13(12-29)4-6-14)7-8-21(32)23(17)24(33)22(15)26(28)35/h3-8,15,18-20,32-33,37H,9-12,29H2,1-2H3,(H2,30,36)/t15-,18?,19-,20+,28+/m1/s1. The summed E-state index contributed by atoms with van der Waals surface area (Å²) in [6.07, 6.45) is 0.667. The number of phenols is 1. The summed E-state index contributed by atoms with van der Waals surface area (Å²) in [5, 5.41) is 33.7. The minimum Gasteiger partial charge on any atom is -0.507 e. The first-order valence-corrected chi connectivity index (χ1v) is 12.4. The summed E-state index contributed by atoms with van der Waals surface area (Å²) in [6, 6.07) is 10.4. The van der Waals surface area contributed by atoms with E-state index >= 15 is 0 Å². The topological polar surface area (TPSA) is 167 Å². The van der Waals surface area contributed by atoms with Gasteiger partial charge in [0.2, 0.25) is 11.7 Å². The molecule has 2 saturated carbocycles. The number of hydrogen-bond acceptors (Lipinski definition) is 8. The number of primary amides is 1. The van der Waals surface area contributed by atoms with Crippen molar-refractivity contribution in [2.45, 2.75) is 37.5 Å². The molecule has 0 aliphatic heterocycles. The van der Waals surface area contributed by atoms with E-state index < -0.39 is 52.6 Å². The molecule has 1 amide bonds. The van der Waals surface area contributed by atoms with Crippen molar-refractivity contribution in [2.75, 3.05) is 14.1 Å². The summed E-state index contributed by atoms with van der Waals surface area (Å²) in [5.74, 6) is -5.99. The van der Waals surface area contributed by atoms with Gasteiger partial charge in [-0.1, -0.05) is 30.3 Å². The van der Waals surface area contributed by atoms with Gasteiger partial charge in [-0.25, -0.2) is 0 Å². The van der Waals surface area contributed by atoms with Crippen LogP contribution in [0.3, 0.4) is 0 Å². The van der Waals surface area contributed by atoms with Crippen molar-refractivity contribution >= 4 is 23.2 Å². The van der Waals surface area contributed by atoms with E-state index in [4.69, 9.17) is 11.5 Å². The lowest BCUT2D eigenvalue weighted by Crippen LogP contribution is -2.69. The number of phenolic OH excluding ortho intramolecular Hbond substituents is 1. The molecule has 3 aliphatic rings. The number of nitrogens with two attached hydrogens (primary N) is 2. The van der Waals surface area contributed by atoms with Crippen molar-refractivity contribution in [1.29, 1.82) is 0 Å². The van der Waals surface area contributed by atoms with Crippen LogP contribution in [0.1, 0.15) is 29.5 Å². The minimum atomic E-state index is -2.49. The molecule has 7 N–H and O–H groups in total. The van der Waals surface area contributed by atoms with Gasteiger partial charge in [0.1, 0.15) is 17.4 Å². The molecular weight excluding hydrogens is 474 g/mol. The van der Waals surface area contributed by atoms with E-state index in [-0.39, 0.29) is 29.7 Å². The number of aliphatic hydroxyl groups excluding tert-OH is 1. The van der Waals surface area contributed by atoms with E-state index in [2.05, 4.69) is 0 Å². The third-order valence-electron chi connectivity index (χ3n) is 8.45. The first-order valence-electron chi connectivity index (χ1n) is 12.4. The maximum Gasteiger partial charge on any atom is 0.228 e. The maximum absolute atomic E-state index is 13.9. The van der Waals surface area contributed by atoms with Crippen LogP contribution in [0, 0.1) is 17.8 Å². The van der Waals surface area contributed by atoms with E-state index in [1.807, 2.05) is 24.3 Å². The molecule has 1 unspecified atom stereocenters. The SMILES string of the molecule is CN(C)[C@H]1CC(C(N)=O)C(=O)[C@]2(O)C(=O)C3=C(O)c4c(O)ccc(-c5ccc(CN)cc5)c4C[C@@H]3C[C@H]12. The number of aliphatic hydroxyl groups is 2. The van der Waals surface area contributed by atoms with Gasteiger partial charge in [-0.2, -0.15) is 0 Å². The molecule has 9 heteroatoms. The van der Waals surface area contributed by atoms with Crippen LogP contribution < -0.4 is 11.5 Å². The highest BCUT2D eigenvalue weighted by atomic mass is 16.3. The van der Waals surface area contributed by atoms with E-state index in [9.17, 15) is 29.7 Å². The fourth-order valence-electron chi connectivity index (χ4n) is 6.55. The van der Waals surface area contributed by atoms with Gasteiger partial charge in [-0.3, -0.25) is 14.4 Å². The second kappa shape index (κ2) is 8.79. The number of rotatable bonds is 4. The van der Waals surface area contributed by atoms with E-state index in [1.165, 1.54) is 6.07 Å². The predicted octanol–water partition coefficient (Wildman–Crippen LogP) is 1.28. The summed E-state index contributed by atoms with van der Waals surface area (Å²) in [6.45, 7) is 0.401. The number of Topliss-reactive ketones (excluding diaryl/α,β-unsaturated/α-hetero) is 2. The number of carbonyl (C=O) groups is 3. The van der Waals surface area contributed by atoms with Crippen molar-refractivity contribution < 1.29 is 29.7 Å². The number of ketones is 2. The molecule has 5 atom stereocenters. The highest BCUT2D eigenvalue weighted by Crippen LogP contribution is 2.53. The zero-order valence-corrected chi connectivity index (χ0v) is 20.8. The van der Waals surface area contributed by atoms with Crippen molar-refractivity contribution in [3.63, 3.8) is 0 Å². The van der Waals surface area contributed by atoms with Gasteiger partial charge in [0, 0.05) is 24.1 Å². The number of aromatic hydroxyl groups is 1. The second-order valence-electron chi connectivity index (χ2n) is 10.6. The Bertz CT molecular complexity index is 1350. The van der Waals surface area contributed by atoms with Crippen LogP contribution >= 0.6 is 0 Å². The van der Waals surface area contributed by atoms with Crippen molar-refractivity contribution in [3.8, 4) is 16.9 Å². The quantitative estimate of drug-likeness (QED) is 0.387. The average molecular weight is 506 g/mol. The summed E-state index contributed by atoms with van der Waals surface area (Å²) >= 11 is 0. The van der Waals surface area contributed by atoms with Gasteiger partial charge in [-0.05, 0) is 67.6 Å². The third kappa shape index (κ3) is 3.60. The molecule has 0 bridgehead atoms. The Kier molecular flexibility index (Phi) is 5.97. The normalized spacial score (nSPS) is 29.1. The fourth-order valence-corrected chi connectivity index (χ4v) is 6.55. The fraction of sp³-hybridized carbons (Fsp3) is 0.393. The molecule has 0 aromatic heterocycles. The Morgan fingerprint density at radius 2 is 1.76 bits per heavy atom. The Morgan fingerprint density at radius 3 is 2.35 bits per heavy atom. The Morgan fingerprint density at radius 1 is 1.08 bits per heavy atom. The number of carbonyl (C=O) groups excluding carboxylic acids is 3. The van der Waals surface area contributed by atoms with Crippen LogP contribution in [-0.4, -0.2) is 63.4 Å². The molecule has 3 aliphatic carbocycles. The van der Waals surface area contributed by atoms with Gasteiger partial charge >= 0.3 is 0 Å². The second-order valence-corrected chi connectivity index (χ2v) is 10.6. The van der Waals surface area contributed by atoms with Crippen molar-refractivity contribution in [1.82, 2.24) is 4.90 Å². The van der Waals surface area contributed by atoms with Crippen molar-refractivity contribution in [2.24, 2.45) is 29.2 Å². The number of benzene rings is 2. The maximum atomic E-state index is 13.9. The molecule has 2 aromatic carbocycles. The molecule has 194 valence electrons. The van der Waals surface area contributed by atoms with Crippen LogP contribution in [0.4, 0.5) is 0 Å². The van der Waals surface area contributed by atoms with Crippen LogP contribution in [0.5, 0.6) is 5.75 Å². The lowest BCUT2D eigenvalue weighted by molar-refractivity contribution is -0.173. The van der Waals surface area contributed by atoms with Crippen LogP contribution in [-0.2, 0) is 27.3 Å². The van der Waals surface area contributed by atoms with Crippen molar-refractivity contribution in [3.05, 3.63) is 58.7 Å². The van der Waals surface area contributed by atoms with Crippen LogP contribution in [0.15, 0.2) is 42.0 Å². The summed E-state index contributed by atoms with van der Waals surface area (Å²) < 4.78 is 0. The van der Waals surface area contributed by atoms with Gasteiger partial charge in [-0.15, -0.1) is 0 Å². The first-order chi connectivity index (χ1) is 17.5. The summed E-state index contributed by atoms with van der Waals surface area (Å²) in [7, 11) is 3.53. The molecule has 0 heterocycles. The van der Waals surface area contributed by atoms with Gasteiger partial charge in [0.05, 0.1) is 5.56 Å². The number of nitrogens with zero attached hydrogens (tertiary/aromatic N) is 1. The Hall–Kier alpha value is -3.53. The van der Waals surface area contributed by atoms with E-state index in [1.54, 1.807) is 25.1 Å². The third-order valence-corrected chi connectivity index (χ3v) is 8.45. The van der Waals surface area contributed by atoms with Gasteiger partial charge < -0.3 is 31.7 Å². The van der Waals surface area contributed by atoms with Crippen LogP contribution in [0.25, 0.3) is 16.9 Å². The molecule has 0 radical (unpaired) electrons. The highest BCUT2D eigenvalue weighted by molar-refractivity contribution is 6.24. The average Bonchev–Trinajstić information content (AvgIpc) is 2.86. The molecular formula is C28H31N3O6. The van der Waals surface area contributed by atoms with Crippen LogP contribution in [0.2, 0.25) is 0 Å². The molecule has 2 aromatic rings. The lowest BCUT2D eigenvalue weighted by Gasteiger charge is -2.52. The van der Waals surface area contributed by atoms with E-state index in [0.717, 1.165) is 16.7 Å². The Balaban J connectivity index is 1.67. The summed E-state index contributed by atoms with van der Waals surface area (Å²) in [5.41, 5.74) is 12.0. The van der Waals surface area contributed by atoms with Gasteiger partial charge in [0.25, 0.3) is 0 Å². The predicted molar refractivity (Wildman–Crippen MR) is 136 cm³/mol. The molecule has 2 fully saturated rings. The molecule has 0 saturated heterocycles. The van der Waals surface area contributed by atoms with Gasteiger partial charge in [0.15, 0.2) is 11.4 Å². The zero-order chi connectivity index (χ0) is 26.8. The highest BCUT2D eigenvalue weighted by Gasteiger charge is 2.64. The number of amides is 1. The smallest absolute Gasteiger partial charge is 0.228 e. The molecule has 0 spiro atoms. The number of fused-ring (bicyclic) bond motifs is 3. The lowest BCUT2D eigenvalue weighted by atomic mass is 9.55. The molecule has 9 nitrogen and oxygen atoms in total.